The first-order valence-corrected chi connectivity index (χ1v) is 6.17. The van der Waals surface area contributed by atoms with Crippen molar-refractivity contribution in [3.8, 4) is 0 Å². The molecule has 1 aliphatic rings. The van der Waals surface area contributed by atoms with Crippen molar-refractivity contribution in [1.82, 2.24) is 5.32 Å². The highest BCUT2D eigenvalue weighted by Crippen LogP contribution is 2.16. The highest BCUT2D eigenvalue weighted by atomic mass is 16.4. The minimum Gasteiger partial charge on any atom is -0.481 e. The number of benzene rings is 1. The van der Waals surface area contributed by atoms with Gasteiger partial charge in [0.25, 0.3) is 0 Å². The number of hydrogen-bond donors (Lipinski definition) is 3. The van der Waals surface area contributed by atoms with E-state index >= 15 is 0 Å². The van der Waals surface area contributed by atoms with Crippen molar-refractivity contribution in [2.24, 2.45) is 0 Å². The summed E-state index contributed by atoms with van der Waals surface area (Å²) >= 11 is 0. The molecule has 100 valence electrons. The van der Waals surface area contributed by atoms with Gasteiger partial charge in [0.2, 0.25) is 0 Å². The molecule has 3 N–H and O–H groups in total. The maximum Gasteiger partial charge on any atom is 0.319 e. The molecule has 5 heteroatoms. The van der Waals surface area contributed by atoms with Crippen LogP contribution in [-0.2, 0) is 11.2 Å². The number of carboxylic acids is 1. The maximum absolute atomic E-state index is 11.8. The number of anilines is 1. The summed E-state index contributed by atoms with van der Waals surface area (Å²) < 4.78 is 0. The van der Waals surface area contributed by atoms with Crippen molar-refractivity contribution in [3.63, 3.8) is 0 Å². The molecule has 1 aromatic carbocycles. The molecule has 1 aromatic rings. The SMILES string of the molecule is O=C(O)Cc1ccccc1NC(=O)NC1CC=CC1. The second kappa shape index (κ2) is 6.04. The molecule has 0 heterocycles. The third-order valence-electron chi connectivity index (χ3n) is 2.95. The number of carboxylic acid groups (broad SMARTS) is 1. The molecule has 1 aliphatic carbocycles. The summed E-state index contributed by atoms with van der Waals surface area (Å²) in [7, 11) is 0. The molecule has 0 saturated carbocycles. The molecule has 0 fully saturated rings. The number of rotatable bonds is 4. The van der Waals surface area contributed by atoms with Crippen molar-refractivity contribution in [3.05, 3.63) is 42.0 Å². The lowest BCUT2D eigenvalue weighted by molar-refractivity contribution is -0.136. The molecule has 5 nitrogen and oxygen atoms in total. The Balaban J connectivity index is 1.97. The van der Waals surface area contributed by atoms with Crippen LogP contribution in [0.5, 0.6) is 0 Å². The first-order chi connectivity index (χ1) is 9.15. The minimum absolute atomic E-state index is 0.110. The third kappa shape index (κ3) is 3.84. The van der Waals surface area contributed by atoms with E-state index in [2.05, 4.69) is 10.6 Å². The van der Waals surface area contributed by atoms with Crippen LogP contribution in [0, 0.1) is 0 Å². The molecule has 2 amide bonds. The van der Waals surface area contributed by atoms with Crippen molar-refractivity contribution >= 4 is 17.7 Å². The number of hydrogen-bond acceptors (Lipinski definition) is 2. The van der Waals surface area contributed by atoms with Gasteiger partial charge >= 0.3 is 12.0 Å². The van der Waals surface area contributed by atoms with Crippen LogP contribution in [0.15, 0.2) is 36.4 Å². The van der Waals surface area contributed by atoms with Crippen molar-refractivity contribution in [2.75, 3.05) is 5.32 Å². The van der Waals surface area contributed by atoms with E-state index in [0.29, 0.717) is 11.3 Å². The number of amides is 2. The summed E-state index contributed by atoms with van der Waals surface area (Å²) in [4.78, 5) is 22.6. The minimum atomic E-state index is -0.922. The number of nitrogens with one attached hydrogen (secondary N) is 2. The van der Waals surface area contributed by atoms with Crippen LogP contribution >= 0.6 is 0 Å². The summed E-state index contributed by atoms with van der Waals surface area (Å²) in [6.45, 7) is 0. The Labute approximate surface area is 111 Å². The molecule has 0 spiro atoms. The Morgan fingerprint density at radius 1 is 1.21 bits per heavy atom. The van der Waals surface area contributed by atoms with E-state index in [4.69, 9.17) is 5.11 Å². The molecule has 2 rings (SSSR count). The fourth-order valence-corrected chi connectivity index (χ4v) is 2.04. The fourth-order valence-electron chi connectivity index (χ4n) is 2.04. The van der Waals surface area contributed by atoms with Gasteiger partial charge in [-0.1, -0.05) is 30.4 Å². The van der Waals surface area contributed by atoms with E-state index in [-0.39, 0.29) is 18.5 Å². The van der Waals surface area contributed by atoms with Crippen molar-refractivity contribution in [1.29, 1.82) is 0 Å². The summed E-state index contributed by atoms with van der Waals surface area (Å²) in [5, 5.41) is 14.4. The topological polar surface area (TPSA) is 78.4 Å². The van der Waals surface area contributed by atoms with Crippen molar-refractivity contribution in [2.45, 2.75) is 25.3 Å². The molecule has 0 aromatic heterocycles. The molecule has 19 heavy (non-hydrogen) atoms. The summed E-state index contributed by atoms with van der Waals surface area (Å²) in [6, 6.07) is 6.74. The normalized spacial score (nSPS) is 14.3. The second-order valence-electron chi connectivity index (χ2n) is 4.47. The van der Waals surface area contributed by atoms with Gasteiger partial charge in [-0.3, -0.25) is 4.79 Å². The van der Waals surface area contributed by atoms with Gasteiger partial charge in [-0.15, -0.1) is 0 Å². The number of carbonyl (C=O) groups excluding carboxylic acids is 1. The van der Waals surface area contributed by atoms with E-state index < -0.39 is 5.97 Å². The first kappa shape index (κ1) is 13.1. The van der Waals surface area contributed by atoms with Crippen LogP contribution in [0.2, 0.25) is 0 Å². The molecule has 0 radical (unpaired) electrons. The third-order valence-corrected chi connectivity index (χ3v) is 2.95. The van der Waals surface area contributed by atoms with E-state index in [1.54, 1.807) is 24.3 Å². The number of para-hydroxylation sites is 1. The van der Waals surface area contributed by atoms with Crippen LogP contribution in [0.3, 0.4) is 0 Å². The average Bonchev–Trinajstić information content (AvgIpc) is 2.83. The highest BCUT2D eigenvalue weighted by molar-refractivity contribution is 5.91. The van der Waals surface area contributed by atoms with Gasteiger partial charge in [-0.2, -0.15) is 0 Å². The van der Waals surface area contributed by atoms with Gasteiger partial charge in [0.1, 0.15) is 0 Å². The van der Waals surface area contributed by atoms with Gasteiger partial charge in [0.15, 0.2) is 0 Å². The monoisotopic (exact) mass is 260 g/mol. The fraction of sp³-hybridized carbons (Fsp3) is 0.286. The van der Waals surface area contributed by atoms with Gasteiger partial charge in [-0.25, -0.2) is 4.79 Å². The average molecular weight is 260 g/mol. The van der Waals surface area contributed by atoms with E-state index in [0.717, 1.165) is 12.8 Å². The molecular formula is C14H16N2O3. The van der Waals surface area contributed by atoms with E-state index in [9.17, 15) is 9.59 Å². The summed E-state index contributed by atoms with van der Waals surface area (Å²) in [5.74, 6) is -0.922. The number of carbonyl (C=O) groups is 2. The standard InChI is InChI=1S/C14H16N2O3/c17-13(18)9-10-5-1-4-8-12(10)16-14(19)15-11-6-2-3-7-11/h1-5,8,11H,6-7,9H2,(H,17,18)(H2,15,16,19). The lowest BCUT2D eigenvalue weighted by Gasteiger charge is -2.14. The zero-order valence-corrected chi connectivity index (χ0v) is 10.4. The van der Waals surface area contributed by atoms with Crippen molar-refractivity contribution < 1.29 is 14.7 Å². The molecular weight excluding hydrogens is 244 g/mol. The summed E-state index contributed by atoms with van der Waals surface area (Å²) in [5.41, 5.74) is 1.13. The zero-order valence-electron chi connectivity index (χ0n) is 10.4. The second-order valence-corrected chi connectivity index (χ2v) is 4.47. The van der Waals surface area contributed by atoms with E-state index in [1.165, 1.54) is 0 Å². The largest absolute Gasteiger partial charge is 0.481 e. The molecule has 0 saturated heterocycles. The number of aliphatic carboxylic acids is 1. The quantitative estimate of drug-likeness (QED) is 0.726. The van der Waals surface area contributed by atoms with Crippen LogP contribution in [0.1, 0.15) is 18.4 Å². The Bertz CT molecular complexity index is 503. The zero-order chi connectivity index (χ0) is 13.7. The lowest BCUT2D eigenvalue weighted by Crippen LogP contribution is -2.36. The Morgan fingerprint density at radius 2 is 1.89 bits per heavy atom. The summed E-state index contributed by atoms with van der Waals surface area (Å²) in [6.07, 6.45) is 5.63. The van der Waals surface area contributed by atoms with Gasteiger partial charge in [-0.05, 0) is 24.5 Å². The van der Waals surface area contributed by atoms with Crippen LogP contribution < -0.4 is 10.6 Å². The maximum atomic E-state index is 11.8. The highest BCUT2D eigenvalue weighted by Gasteiger charge is 2.14. The van der Waals surface area contributed by atoms with E-state index in [1.807, 2.05) is 12.2 Å². The predicted octanol–water partition coefficient (Wildman–Crippen LogP) is 2.15. The smallest absolute Gasteiger partial charge is 0.319 e. The molecule has 0 unspecified atom stereocenters. The van der Waals surface area contributed by atoms with Crippen LogP contribution in [0.25, 0.3) is 0 Å². The predicted molar refractivity (Wildman–Crippen MR) is 72.1 cm³/mol. The number of urea groups is 1. The van der Waals surface area contributed by atoms with Gasteiger partial charge in [0, 0.05) is 11.7 Å². The Hall–Kier alpha value is -2.30. The Kier molecular flexibility index (Phi) is 4.18. The van der Waals surface area contributed by atoms with Crippen LogP contribution in [-0.4, -0.2) is 23.1 Å². The van der Waals surface area contributed by atoms with Gasteiger partial charge in [0.05, 0.1) is 6.42 Å². The molecule has 0 bridgehead atoms. The van der Waals surface area contributed by atoms with Crippen LogP contribution in [0.4, 0.5) is 10.5 Å². The lowest BCUT2D eigenvalue weighted by atomic mass is 10.1. The first-order valence-electron chi connectivity index (χ1n) is 6.17. The Morgan fingerprint density at radius 3 is 2.58 bits per heavy atom. The molecule has 0 aliphatic heterocycles. The van der Waals surface area contributed by atoms with Gasteiger partial charge < -0.3 is 15.7 Å². The molecule has 0 atom stereocenters.